The van der Waals surface area contributed by atoms with Crippen molar-refractivity contribution in [3.8, 4) is 6.07 Å². The van der Waals surface area contributed by atoms with E-state index in [0.717, 1.165) is 0 Å². The van der Waals surface area contributed by atoms with Crippen LogP contribution in [0.25, 0.3) is 11.1 Å². The molecule has 74 valence electrons. The predicted octanol–water partition coefficient (Wildman–Crippen LogP) is 2.28. The lowest BCUT2D eigenvalue weighted by Crippen LogP contribution is -1.99. The van der Waals surface area contributed by atoms with Gasteiger partial charge in [0, 0.05) is 0 Å². The molecule has 0 unspecified atom stereocenters. The third-order valence-corrected chi connectivity index (χ3v) is 2.41. The highest BCUT2D eigenvalue weighted by molar-refractivity contribution is 9.09. The molecule has 1 aromatic heterocycles. The molecule has 1 heterocycles. The summed E-state index contributed by atoms with van der Waals surface area (Å²) in [6.45, 7) is 0. The fraction of sp³-hybridized carbons (Fsp3) is 0.100. The first-order chi connectivity index (χ1) is 7.26. The molecule has 4 nitrogen and oxygen atoms in total. The number of carbonyl (C=O) groups excluding carboxylic acids is 1. The first kappa shape index (κ1) is 9.87. The van der Waals surface area contributed by atoms with E-state index in [1.165, 1.54) is 0 Å². The Kier molecular flexibility index (Phi) is 2.52. The molecule has 0 saturated carbocycles. The van der Waals surface area contributed by atoms with Gasteiger partial charge in [-0.25, -0.2) is 4.98 Å². The van der Waals surface area contributed by atoms with Gasteiger partial charge in [0.15, 0.2) is 5.58 Å². The van der Waals surface area contributed by atoms with Crippen LogP contribution in [0.1, 0.15) is 16.2 Å². The molecule has 0 fully saturated rings. The van der Waals surface area contributed by atoms with E-state index >= 15 is 0 Å². The van der Waals surface area contributed by atoms with Gasteiger partial charge in [-0.1, -0.05) is 22.0 Å². The number of rotatable bonds is 2. The van der Waals surface area contributed by atoms with Crippen molar-refractivity contribution < 1.29 is 9.21 Å². The van der Waals surface area contributed by atoms with Crippen molar-refractivity contribution >= 4 is 32.8 Å². The second kappa shape index (κ2) is 3.83. The SMILES string of the molecule is N#Cc1cccc2oc(C(=O)CBr)nc12. The molecular weight excluding hydrogens is 260 g/mol. The van der Waals surface area contributed by atoms with E-state index in [4.69, 9.17) is 9.68 Å². The van der Waals surface area contributed by atoms with E-state index < -0.39 is 0 Å². The van der Waals surface area contributed by atoms with Crippen LogP contribution in [-0.4, -0.2) is 16.1 Å². The normalized spacial score (nSPS) is 10.1. The van der Waals surface area contributed by atoms with Gasteiger partial charge >= 0.3 is 0 Å². The predicted molar refractivity (Wildman–Crippen MR) is 56.8 cm³/mol. The molecule has 2 aromatic rings. The monoisotopic (exact) mass is 264 g/mol. The minimum absolute atomic E-state index is 0.0320. The lowest BCUT2D eigenvalue weighted by molar-refractivity contribution is 0.0989. The van der Waals surface area contributed by atoms with Crippen molar-refractivity contribution in [1.29, 1.82) is 5.26 Å². The maximum Gasteiger partial charge on any atom is 0.265 e. The largest absolute Gasteiger partial charge is 0.434 e. The average molecular weight is 265 g/mol. The molecule has 5 heteroatoms. The van der Waals surface area contributed by atoms with Gasteiger partial charge < -0.3 is 4.42 Å². The van der Waals surface area contributed by atoms with Crippen LogP contribution in [0.4, 0.5) is 0 Å². The van der Waals surface area contributed by atoms with E-state index in [1.807, 2.05) is 6.07 Å². The van der Waals surface area contributed by atoms with Gasteiger partial charge in [-0.2, -0.15) is 5.26 Å². The van der Waals surface area contributed by atoms with Crippen molar-refractivity contribution in [3.63, 3.8) is 0 Å². The first-order valence-corrected chi connectivity index (χ1v) is 5.27. The summed E-state index contributed by atoms with van der Waals surface area (Å²) in [4.78, 5) is 15.3. The Morgan fingerprint density at radius 3 is 3.07 bits per heavy atom. The third-order valence-electron chi connectivity index (χ3n) is 1.90. The summed E-state index contributed by atoms with van der Waals surface area (Å²) in [6.07, 6.45) is 0. The summed E-state index contributed by atoms with van der Waals surface area (Å²) in [6, 6.07) is 6.99. The van der Waals surface area contributed by atoms with Gasteiger partial charge in [0.2, 0.25) is 5.78 Å². The number of carbonyl (C=O) groups is 1. The summed E-state index contributed by atoms with van der Waals surface area (Å²) in [5.41, 5.74) is 1.30. The number of ketones is 1. The number of aromatic nitrogens is 1. The molecule has 0 bridgehead atoms. The van der Waals surface area contributed by atoms with Gasteiger partial charge in [-0.05, 0) is 12.1 Å². The molecule has 0 N–H and O–H groups in total. The molecule has 0 amide bonds. The molecule has 0 aliphatic carbocycles. The minimum atomic E-state index is -0.241. The van der Waals surface area contributed by atoms with Gasteiger partial charge in [0.1, 0.15) is 11.6 Å². The Balaban J connectivity index is 2.66. The zero-order valence-corrected chi connectivity index (χ0v) is 9.11. The second-order valence-electron chi connectivity index (χ2n) is 2.84. The van der Waals surface area contributed by atoms with E-state index in [0.29, 0.717) is 16.7 Å². The van der Waals surface area contributed by atoms with Gasteiger partial charge in [-0.15, -0.1) is 0 Å². The standard InChI is InChI=1S/C10H5BrN2O2/c11-4-7(14)10-13-9-6(5-12)2-1-3-8(9)15-10/h1-3H,4H2. The molecule has 15 heavy (non-hydrogen) atoms. The highest BCUT2D eigenvalue weighted by atomic mass is 79.9. The molecule has 2 rings (SSSR count). The smallest absolute Gasteiger partial charge is 0.265 e. The number of halogens is 1. The second-order valence-corrected chi connectivity index (χ2v) is 3.40. The van der Waals surface area contributed by atoms with Crippen LogP contribution in [0, 0.1) is 11.3 Å². The van der Waals surface area contributed by atoms with Crippen molar-refractivity contribution in [2.45, 2.75) is 0 Å². The fourth-order valence-electron chi connectivity index (χ4n) is 1.22. The van der Waals surface area contributed by atoms with Crippen molar-refractivity contribution in [1.82, 2.24) is 4.98 Å². The lowest BCUT2D eigenvalue weighted by atomic mass is 10.2. The third kappa shape index (κ3) is 1.64. The molecule has 0 aliphatic heterocycles. The first-order valence-electron chi connectivity index (χ1n) is 4.15. The Labute approximate surface area is 93.6 Å². The lowest BCUT2D eigenvalue weighted by Gasteiger charge is -1.86. The number of para-hydroxylation sites is 1. The minimum Gasteiger partial charge on any atom is -0.434 e. The highest BCUT2D eigenvalue weighted by Gasteiger charge is 2.14. The van der Waals surface area contributed by atoms with Crippen LogP contribution in [-0.2, 0) is 0 Å². The van der Waals surface area contributed by atoms with E-state index in [9.17, 15) is 4.79 Å². The van der Waals surface area contributed by atoms with Crippen LogP contribution >= 0.6 is 15.9 Å². The van der Waals surface area contributed by atoms with Gasteiger partial charge in [0.05, 0.1) is 10.9 Å². The summed E-state index contributed by atoms with van der Waals surface area (Å²) in [5, 5.41) is 8.97. The van der Waals surface area contributed by atoms with Crippen molar-refractivity contribution in [2.75, 3.05) is 5.33 Å². The number of hydrogen-bond donors (Lipinski definition) is 0. The van der Waals surface area contributed by atoms with Crippen molar-refractivity contribution in [2.24, 2.45) is 0 Å². The number of Topliss-reactive ketones (excluding diaryl/α,β-unsaturated/α-hetero) is 1. The summed E-state index contributed by atoms with van der Waals surface area (Å²) in [5.74, 6) is -0.209. The van der Waals surface area contributed by atoms with Crippen LogP contribution in [0.5, 0.6) is 0 Å². The van der Waals surface area contributed by atoms with Crippen LogP contribution in [0.3, 0.4) is 0 Å². The van der Waals surface area contributed by atoms with E-state index in [-0.39, 0.29) is 17.0 Å². The van der Waals surface area contributed by atoms with E-state index in [2.05, 4.69) is 20.9 Å². The highest BCUT2D eigenvalue weighted by Crippen LogP contribution is 2.19. The molecule has 0 spiro atoms. The van der Waals surface area contributed by atoms with Gasteiger partial charge in [-0.3, -0.25) is 4.79 Å². The van der Waals surface area contributed by atoms with Crippen LogP contribution in [0.15, 0.2) is 22.6 Å². The zero-order valence-electron chi connectivity index (χ0n) is 7.53. The maximum atomic E-state index is 11.3. The molecule has 0 saturated heterocycles. The number of nitriles is 1. The van der Waals surface area contributed by atoms with Crippen LogP contribution < -0.4 is 0 Å². The number of benzene rings is 1. The summed E-state index contributed by atoms with van der Waals surface area (Å²) < 4.78 is 5.22. The summed E-state index contributed by atoms with van der Waals surface area (Å²) >= 11 is 3.03. The number of nitrogens with zero attached hydrogens (tertiary/aromatic N) is 2. The number of oxazole rings is 1. The average Bonchev–Trinajstić information content (AvgIpc) is 2.71. The fourth-order valence-corrected chi connectivity index (χ4v) is 1.46. The van der Waals surface area contributed by atoms with Crippen molar-refractivity contribution in [3.05, 3.63) is 29.7 Å². The Hall–Kier alpha value is -1.67. The molecule has 1 aromatic carbocycles. The molecule has 0 atom stereocenters. The molecular formula is C10H5BrN2O2. The summed E-state index contributed by atoms with van der Waals surface area (Å²) in [7, 11) is 0. The Morgan fingerprint density at radius 1 is 1.60 bits per heavy atom. The quantitative estimate of drug-likeness (QED) is 0.617. The number of fused-ring (bicyclic) bond motifs is 1. The maximum absolute atomic E-state index is 11.3. The Bertz CT molecular complexity index is 568. The number of alkyl halides is 1. The molecule has 0 radical (unpaired) electrons. The zero-order chi connectivity index (χ0) is 10.8. The van der Waals surface area contributed by atoms with Crippen LogP contribution in [0.2, 0.25) is 0 Å². The molecule has 0 aliphatic rings. The van der Waals surface area contributed by atoms with E-state index in [1.54, 1.807) is 18.2 Å². The number of hydrogen-bond acceptors (Lipinski definition) is 4. The van der Waals surface area contributed by atoms with Gasteiger partial charge in [0.25, 0.3) is 5.89 Å². The topological polar surface area (TPSA) is 66.9 Å². The Morgan fingerprint density at radius 2 is 2.40 bits per heavy atom.